The Morgan fingerprint density at radius 3 is 2.80 bits per heavy atom. The Hall–Kier alpha value is -1.45. The van der Waals surface area contributed by atoms with Crippen molar-refractivity contribution in [2.45, 2.75) is 6.54 Å². The van der Waals surface area contributed by atoms with Gasteiger partial charge in [-0.2, -0.15) is 0 Å². The zero-order chi connectivity index (χ0) is 14.4. The van der Waals surface area contributed by atoms with Gasteiger partial charge in [0.15, 0.2) is 0 Å². The molecule has 0 bridgehead atoms. The lowest BCUT2D eigenvalue weighted by Gasteiger charge is -2.12. The number of rotatable bonds is 6. The van der Waals surface area contributed by atoms with Crippen molar-refractivity contribution in [1.82, 2.24) is 0 Å². The van der Waals surface area contributed by atoms with Crippen molar-refractivity contribution in [2.75, 3.05) is 11.9 Å². The summed E-state index contributed by atoms with van der Waals surface area (Å²) in [5.74, 6) is 0.855. The molecule has 0 amide bonds. The summed E-state index contributed by atoms with van der Waals surface area (Å²) in [6.07, 6.45) is 1.73. The van der Waals surface area contributed by atoms with Crippen molar-refractivity contribution in [3.63, 3.8) is 0 Å². The minimum atomic E-state index is 0.496. The van der Waals surface area contributed by atoms with Crippen LogP contribution in [0.5, 0.6) is 5.75 Å². The Morgan fingerprint density at radius 2 is 2.05 bits per heavy atom. The van der Waals surface area contributed by atoms with Gasteiger partial charge in [0.25, 0.3) is 0 Å². The highest BCUT2D eigenvalue weighted by Gasteiger charge is 2.04. The number of para-hydroxylation sites is 1. The van der Waals surface area contributed by atoms with Crippen molar-refractivity contribution in [3.05, 3.63) is 70.2 Å². The first-order valence-electron chi connectivity index (χ1n) is 6.21. The van der Waals surface area contributed by atoms with Gasteiger partial charge in [0, 0.05) is 16.6 Å². The van der Waals surface area contributed by atoms with E-state index in [1.165, 1.54) is 0 Å². The topological polar surface area (TPSA) is 21.3 Å². The Balaban J connectivity index is 2.08. The van der Waals surface area contributed by atoms with Gasteiger partial charge in [-0.3, -0.25) is 0 Å². The first kappa shape index (κ1) is 14.9. The van der Waals surface area contributed by atoms with E-state index >= 15 is 0 Å². The summed E-state index contributed by atoms with van der Waals surface area (Å²) in [4.78, 5) is 0. The third kappa shape index (κ3) is 4.02. The Labute approximate surface area is 132 Å². The smallest absolute Gasteiger partial charge is 0.124 e. The van der Waals surface area contributed by atoms with Crippen LogP contribution >= 0.6 is 27.5 Å². The van der Waals surface area contributed by atoms with Crippen molar-refractivity contribution in [2.24, 2.45) is 0 Å². The Kier molecular flexibility index (Phi) is 5.50. The zero-order valence-corrected chi connectivity index (χ0v) is 13.2. The summed E-state index contributed by atoms with van der Waals surface area (Å²) in [7, 11) is 0. The number of ether oxygens (including phenoxy) is 1. The predicted molar refractivity (Wildman–Crippen MR) is 88.6 cm³/mol. The molecule has 0 aliphatic heterocycles. The molecule has 0 saturated carbocycles. The second-order valence-corrected chi connectivity index (χ2v) is 5.51. The summed E-state index contributed by atoms with van der Waals surface area (Å²) in [5.41, 5.74) is 1.97. The van der Waals surface area contributed by atoms with Crippen molar-refractivity contribution in [3.8, 4) is 5.75 Å². The number of nitrogens with one attached hydrogen (secondary N) is 1. The van der Waals surface area contributed by atoms with E-state index in [-0.39, 0.29) is 0 Å². The van der Waals surface area contributed by atoms with E-state index in [1.807, 2.05) is 42.5 Å². The van der Waals surface area contributed by atoms with Crippen LogP contribution in [0.3, 0.4) is 0 Å². The van der Waals surface area contributed by atoms with E-state index in [0.717, 1.165) is 21.5 Å². The molecular weight excluding hydrogens is 338 g/mol. The Bertz CT molecular complexity index is 601. The van der Waals surface area contributed by atoms with Gasteiger partial charge in [0.05, 0.1) is 10.7 Å². The third-order valence-electron chi connectivity index (χ3n) is 2.73. The second-order valence-electron chi connectivity index (χ2n) is 4.19. The second kappa shape index (κ2) is 7.36. The largest absolute Gasteiger partial charge is 0.489 e. The highest BCUT2D eigenvalue weighted by atomic mass is 79.9. The minimum Gasteiger partial charge on any atom is -0.489 e. The van der Waals surface area contributed by atoms with Gasteiger partial charge in [0.1, 0.15) is 12.4 Å². The van der Waals surface area contributed by atoms with Gasteiger partial charge in [-0.1, -0.05) is 58.4 Å². The molecule has 0 radical (unpaired) electrons. The first-order valence-corrected chi connectivity index (χ1v) is 7.38. The minimum absolute atomic E-state index is 0.496. The van der Waals surface area contributed by atoms with E-state index < -0.39 is 0 Å². The van der Waals surface area contributed by atoms with Crippen LogP contribution in [0.25, 0.3) is 0 Å². The number of hydrogen-bond donors (Lipinski definition) is 1. The van der Waals surface area contributed by atoms with Crippen LogP contribution in [0, 0.1) is 0 Å². The van der Waals surface area contributed by atoms with Gasteiger partial charge in [-0.05, 0) is 24.3 Å². The van der Waals surface area contributed by atoms with E-state index in [2.05, 4.69) is 27.8 Å². The normalized spacial score (nSPS) is 10.1. The molecule has 2 rings (SSSR count). The molecule has 2 nitrogen and oxygen atoms in total. The quantitative estimate of drug-likeness (QED) is 0.714. The molecule has 1 N–H and O–H groups in total. The van der Waals surface area contributed by atoms with E-state index in [4.69, 9.17) is 16.3 Å². The van der Waals surface area contributed by atoms with E-state index in [9.17, 15) is 0 Å². The van der Waals surface area contributed by atoms with E-state index in [0.29, 0.717) is 18.2 Å². The number of anilines is 1. The molecule has 2 aromatic rings. The molecule has 0 heterocycles. The number of hydrogen-bond acceptors (Lipinski definition) is 2. The molecule has 0 aromatic heterocycles. The maximum atomic E-state index is 6.18. The predicted octanol–water partition coefficient (Wildman–Crippen LogP) is 5.28. The lowest BCUT2D eigenvalue weighted by atomic mass is 10.2. The van der Waals surface area contributed by atoms with Crippen molar-refractivity contribution >= 4 is 33.2 Å². The summed E-state index contributed by atoms with van der Waals surface area (Å²) in [6, 6.07) is 13.7. The molecule has 104 valence electrons. The lowest BCUT2D eigenvalue weighted by Crippen LogP contribution is -2.03. The molecule has 0 aliphatic carbocycles. The highest BCUT2D eigenvalue weighted by Crippen LogP contribution is 2.27. The highest BCUT2D eigenvalue weighted by molar-refractivity contribution is 9.10. The number of halogens is 2. The third-order valence-corrected chi connectivity index (χ3v) is 3.54. The molecule has 0 spiro atoms. The van der Waals surface area contributed by atoms with Crippen LogP contribution in [0.4, 0.5) is 5.69 Å². The maximum absolute atomic E-state index is 6.18. The monoisotopic (exact) mass is 351 g/mol. The molecule has 0 atom stereocenters. The lowest BCUT2D eigenvalue weighted by molar-refractivity contribution is 0.359. The fourth-order valence-corrected chi connectivity index (χ4v) is 2.50. The van der Waals surface area contributed by atoms with Gasteiger partial charge < -0.3 is 10.1 Å². The average Bonchev–Trinajstić information content (AvgIpc) is 2.45. The summed E-state index contributed by atoms with van der Waals surface area (Å²) < 4.78 is 6.59. The molecule has 2 aromatic carbocycles. The standard InChI is InChI=1S/C16H15BrClNO/c1-2-9-20-16-6-4-3-5-12(16)11-19-15-8-7-13(17)10-14(15)18/h2-8,10,19H,1,9,11H2. The molecule has 0 aliphatic rings. The van der Waals surface area contributed by atoms with Crippen LogP contribution in [0.1, 0.15) is 5.56 Å². The molecule has 20 heavy (non-hydrogen) atoms. The summed E-state index contributed by atoms with van der Waals surface area (Å²) in [5, 5.41) is 4.00. The zero-order valence-electron chi connectivity index (χ0n) is 10.9. The SMILES string of the molecule is C=CCOc1ccccc1CNc1ccc(Br)cc1Cl. The van der Waals surface area contributed by atoms with Gasteiger partial charge >= 0.3 is 0 Å². The Morgan fingerprint density at radius 1 is 1.25 bits per heavy atom. The summed E-state index contributed by atoms with van der Waals surface area (Å²) >= 11 is 9.57. The van der Waals surface area contributed by atoms with Crippen LogP contribution in [0.15, 0.2) is 59.6 Å². The molecule has 0 unspecified atom stereocenters. The summed E-state index contributed by atoms with van der Waals surface area (Å²) in [6.45, 7) is 4.80. The first-order chi connectivity index (χ1) is 9.70. The van der Waals surface area contributed by atoms with Crippen LogP contribution in [-0.4, -0.2) is 6.61 Å². The van der Waals surface area contributed by atoms with Crippen molar-refractivity contribution < 1.29 is 4.74 Å². The van der Waals surface area contributed by atoms with Gasteiger partial charge in [0.2, 0.25) is 0 Å². The van der Waals surface area contributed by atoms with E-state index in [1.54, 1.807) is 6.08 Å². The van der Waals surface area contributed by atoms with Gasteiger partial charge in [-0.15, -0.1) is 0 Å². The van der Waals surface area contributed by atoms with Gasteiger partial charge in [-0.25, -0.2) is 0 Å². The molecule has 0 saturated heterocycles. The molecular formula is C16H15BrClNO. The fraction of sp³-hybridized carbons (Fsp3) is 0.125. The van der Waals surface area contributed by atoms with Crippen LogP contribution < -0.4 is 10.1 Å². The van der Waals surface area contributed by atoms with Crippen LogP contribution in [0.2, 0.25) is 5.02 Å². The molecule has 0 fully saturated rings. The molecule has 4 heteroatoms. The number of benzene rings is 2. The maximum Gasteiger partial charge on any atom is 0.124 e. The average molecular weight is 353 g/mol. The van der Waals surface area contributed by atoms with Crippen molar-refractivity contribution in [1.29, 1.82) is 0 Å². The fourth-order valence-electron chi connectivity index (χ4n) is 1.76. The van der Waals surface area contributed by atoms with Crippen LogP contribution in [-0.2, 0) is 6.54 Å².